The Morgan fingerprint density at radius 2 is 2.18 bits per heavy atom. The van der Waals surface area contributed by atoms with Gasteiger partial charge >= 0.3 is 0 Å². The third-order valence-electron chi connectivity index (χ3n) is 2.76. The van der Waals surface area contributed by atoms with Gasteiger partial charge in [0.05, 0.1) is 6.61 Å². The maximum absolute atomic E-state index is 9.15. The molecule has 0 bridgehead atoms. The molecule has 0 aromatic carbocycles. The molecule has 0 aliphatic carbocycles. The summed E-state index contributed by atoms with van der Waals surface area (Å²) in [5, 5.41) is 13.4. The van der Waals surface area contributed by atoms with E-state index in [9.17, 15) is 0 Å². The Bertz CT molecular complexity index is 506. The number of hydrogen-bond donors (Lipinski definition) is 1. The maximum atomic E-state index is 9.15. The lowest BCUT2D eigenvalue weighted by Crippen LogP contribution is -2.35. The minimum absolute atomic E-state index is 0.127. The van der Waals surface area contributed by atoms with Crippen molar-refractivity contribution in [2.75, 3.05) is 18.1 Å². The van der Waals surface area contributed by atoms with Gasteiger partial charge in [-0.2, -0.15) is 9.61 Å². The Balaban J connectivity index is 2.54. The molecular formula is C12H18N4O. The van der Waals surface area contributed by atoms with Crippen molar-refractivity contribution in [3.63, 3.8) is 0 Å². The molecule has 2 aromatic heterocycles. The number of aliphatic hydroxyl groups is 1. The Morgan fingerprint density at radius 1 is 1.41 bits per heavy atom. The molecule has 92 valence electrons. The van der Waals surface area contributed by atoms with Gasteiger partial charge in [0.25, 0.3) is 0 Å². The lowest BCUT2D eigenvalue weighted by Gasteiger charge is -2.28. The van der Waals surface area contributed by atoms with Crippen LogP contribution in [0.2, 0.25) is 0 Å². The van der Waals surface area contributed by atoms with Gasteiger partial charge in [-0.15, -0.1) is 0 Å². The minimum Gasteiger partial charge on any atom is -0.395 e. The van der Waals surface area contributed by atoms with Crippen LogP contribution in [0, 0.1) is 6.92 Å². The van der Waals surface area contributed by atoms with Gasteiger partial charge in [-0.1, -0.05) is 0 Å². The molecule has 0 aliphatic heterocycles. The maximum Gasteiger partial charge on any atom is 0.157 e. The molecule has 2 aromatic rings. The molecule has 1 N–H and O–H groups in total. The van der Waals surface area contributed by atoms with Crippen LogP contribution in [-0.2, 0) is 0 Å². The van der Waals surface area contributed by atoms with E-state index in [1.165, 1.54) is 0 Å². The average molecular weight is 234 g/mol. The van der Waals surface area contributed by atoms with Gasteiger partial charge in [0.15, 0.2) is 5.65 Å². The van der Waals surface area contributed by atoms with Crippen LogP contribution in [0.3, 0.4) is 0 Å². The van der Waals surface area contributed by atoms with Gasteiger partial charge in [0, 0.05) is 12.6 Å². The van der Waals surface area contributed by atoms with E-state index < -0.39 is 0 Å². The molecule has 0 atom stereocenters. The van der Waals surface area contributed by atoms with Crippen LogP contribution in [0.1, 0.15) is 19.4 Å². The highest BCUT2D eigenvalue weighted by atomic mass is 16.3. The van der Waals surface area contributed by atoms with Crippen LogP contribution < -0.4 is 4.90 Å². The molecule has 0 unspecified atom stereocenters. The smallest absolute Gasteiger partial charge is 0.157 e. The average Bonchev–Trinajstić information content (AvgIpc) is 2.72. The molecule has 17 heavy (non-hydrogen) atoms. The zero-order valence-corrected chi connectivity index (χ0v) is 10.5. The number of nitrogens with zero attached hydrogens (tertiary/aromatic N) is 4. The van der Waals surface area contributed by atoms with Crippen LogP contribution in [0.15, 0.2) is 18.5 Å². The van der Waals surface area contributed by atoms with Gasteiger partial charge < -0.3 is 10.0 Å². The summed E-state index contributed by atoms with van der Waals surface area (Å²) in [5.74, 6) is 0.974. The second kappa shape index (κ2) is 4.71. The molecule has 0 aliphatic rings. The topological polar surface area (TPSA) is 53.7 Å². The van der Waals surface area contributed by atoms with Crippen molar-refractivity contribution in [2.45, 2.75) is 26.8 Å². The Hall–Kier alpha value is -1.62. The number of aryl methyl sites for hydroxylation is 1. The van der Waals surface area contributed by atoms with Crippen LogP contribution in [0.25, 0.3) is 5.65 Å². The Labute approximate surface area is 101 Å². The number of aromatic nitrogens is 3. The van der Waals surface area contributed by atoms with Crippen molar-refractivity contribution in [1.29, 1.82) is 0 Å². The molecular weight excluding hydrogens is 216 g/mol. The molecule has 0 amide bonds. The second-order valence-corrected chi connectivity index (χ2v) is 4.43. The standard InChI is InChI=1S/C12H18N4O/c1-9(2)15(4-5-17)12-7-10(3)6-11-13-8-14-16(11)12/h6-9,17H,4-5H2,1-3H3. The number of hydrogen-bond acceptors (Lipinski definition) is 4. The van der Waals surface area contributed by atoms with Crippen molar-refractivity contribution >= 4 is 11.5 Å². The van der Waals surface area contributed by atoms with Crippen molar-refractivity contribution in [3.05, 3.63) is 24.0 Å². The van der Waals surface area contributed by atoms with E-state index in [0.29, 0.717) is 12.6 Å². The zero-order chi connectivity index (χ0) is 12.4. The monoisotopic (exact) mass is 234 g/mol. The largest absolute Gasteiger partial charge is 0.395 e. The second-order valence-electron chi connectivity index (χ2n) is 4.43. The summed E-state index contributed by atoms with van der Waals surface area (Å²) in [4.78, 5) is 6.32. The third-order valence-corrected chi connectivity index (χ3v) is 2.76. The predicted octanol–water partition coefficient (Wildman–Crippen LogP) is 1.24. The Kier molecular flexibility index (Phi) is 3.28. The van der Waals surface area contributed by atoms with Crippen LogP contribution in [0.5, 0.6) is 0 Å². The fourth-order valence-corrected chi connectivity index (χ4v) is 1.99. The van der Waals surface area contributed by atoms with E-state index in [2.05, 4.69) is 34.9 Å². The summed E-state index contributed by atoms with van der Waals surface area (Å²) in [7, 11) is 0. The quantitative estimate of drug-likeness (QED) is 0.865. The van der Waals surface area contributed by atoms with E-state index in [1.54, 1.807) is 6.33 Å². The molecule has 5 heteroatoms. The summed E-state index contributed by atoms with van der Waals surface area (Å²) < 4.78 is 1.81. The first-order valence-electron chi connectivity index (χ1n) is 5.81. The van der Waals surface area contributed by atoms with E-state index in [4.69, 9.17) is 5.11 Å². The van der Waals surface area contributed by atoms with Crippen molar-refractivity contribution in [2.24, 2.45) is 0 Å². The summed E-state index contributed by atoms with van der Waals surface area (Å²) in [6, 6.07) is 4.36. The number of pyridine rings is 1. The molecule has 0 radical (unpaired) electrons. The summed E-state index contributed by atoms with van der Waals surface area (Å²) in [6.07, 6.45) is 1.55. The lowest BCUT2D eigenvalue weighted by atomic mass is 10.2. The predicted molar refractivity (Wildman–Crippen MR) is 67.3 cm³/mol. The highest BCUT2D eigenvalue weighted by molar-refractivity contribution is 5.53. The lowest BCUT2D eigenvalue weighted by molar-refractivity contribution is 0.298. The number of fused-ring (bicyclic) bond motifs is 1. The fraction of sp³-hybridized carbons (Fsp3) is 0.500. The first-order valence-corrected chi connectivity index (χ1v) is 5.81. The zero-order valence-electron chi connectivity index (χ0n) is 10.5. The summed E-state index contributed by atoms with van der Waals surface area (Å²) in [5.41, 5.74) is 1.98. The molecule has 2 heterocycles. The van der Waals surface area contributed by atoms with E-state index in [0.717, 1.165) is 17.0 Å². The van der Waals surface area contributed by atoms with Crippen LogP contribution >= 0.6 is 0 Å². The minimum atomic E-state index is 0.127. The molecule has 2 rings (SSSR count). The first kappa shape index (κ1) is 11.9. The van der Waals surface area contributed by atoms with Gasteiger partial charge in [-0.25, -0.2) is 4.98 Å². The number of aliphatic hydroxyl groups excluding tert-OH is 1. The molecule has 5 nitrogen and oxygen atoms in total. The van der Waals surface area contributed by atoms with Crippen molar-refractivity contribution < 1.29 is 5.11 Å². The summed E-state index contributed by atoms with van der Waals surface area (Å²) in [6.45, 7) is 6.95. The first-order chi connectivity index (χ1) is 8.13. The van der Waals surface area contributed by atoms with E-state index >= 15 is 0 Å². The van der Waals surface area contributed by atoms with E-state index in [-0.39, 0.29) is 6.61 Å². The number of anilines is 1. The SMILES string of the molecule is Cc1cc(N(CCO)C(C)C)n2ncnc2c1. The molecule has 0 saturated heterocycles. The molecule has 0 spiro atoms. The third kappa shape index (κ3) is 2.24. The molecule has 0 fully saturated rings. The van der Waals surface area contributed by atoms with Gasteiger partial charge in [0.1, 0.15) is 12.1 Å². The van der Waals surface area contributed by atoms with Gasteiger partial charge in [0.2, 0.25) is 0 Å². The van der Waals surface area contributed by atoms with Crippen LogP contribution in [-0.4, -0.2) is 38.9 Å². The fourth-order valence-electron chi connectivity index (χ4n) is 1.99. The van der Waals surface area contributed by atoms with Gasteiger partial charge in [-0.05, 0) is 38.5 Å². The highest BCUT2D eigenvalue weighted by Gasteiger charge is 2.14. The number of rotatable bonds is 4. The van der Waals surface area contributed by atoms with E-state index in [1.807, 2.05) is 17.5 Å². The normalized spacial score (nSPS) is 11.4. The van der Waals surface area contributed by atoms with Gasteiger partial charge in [-0.3, -0.25) is 0 Å². The Morgan fingerprint density at radius 3 is 2.82 bits per heavy atom. The highest BCUT2D eigenvalue weighted by Crippen LogP contribution is 2.19. The van der Waals surface area contributed by atoms with Crippen LogP contribution in [0.4, 0.5) is 5.82 Å². The summed E-state index contributed by atoms with van der Waals surface area (Å²) >= 11 is 0. The van der Waals surface area contributed by atoms with Crippen molar-refractivity contribution in [1.82, 2.24) is 14.6 Å². The van der Waals surface area contributed by atoms with Crippen molar-refractivity contribution in [3.8, 4) is 0 Å². The molecule has 0 saturated carbocycles.